The summed E-state index contributed by atoms with van der Waals surface area (Å²) in [6, 6.07) is 3.70. The monoisotopic (exact) mass is 315 g/mol. The summed E-state index contributed by atoms with van der Waals surface area (Å²) < 4.78 is 1.77. The van der Waals surface area contributed by atoms with Gasteiger partial charge in [-0.3, -0.25) is 4.40 Å². The minimum atomic E-state index is 0.0799. The smallest absolute Gasteiger partial charge is 0.205 e. The molecule has 4 nitrogen and oxygen atoms in total. The van der Waals surface area contributed by atoms with Gasteiger partial charge in [-0.2, -0.15) is 0 Å². The van der Waals surface area contributed by atoms with Crippen molar-refractivity contribution < 1.29 is 0 Å². The molecule has 0 unspecified atom stereocenters. The van der Waals surface area contributed by atoms with Gasteiger partial charge in [0.1, 0.15) is 5.65 Å². The minimum absolute atomic E-state index is 0.0799. The van der Waals surface area contributed by atoms with Gasteiger partial charge >= 0.3 is 0 Å². The van der Waals surface area contributed by atoms with Crippen molar-refractivity contribution in [2.75, 3.05) is 0 Å². The number of pyridine rings is 1. The SMILES string of the molecule is O=Nc1c(C23CC4CC(CC(C4)C2)C3)nc2ccc(Cl)cn12. The highest BCUT2D eigenvalue weighted by molar-refractivity contribution is 6.30. The summed E-state index contributed by atoms with van der Waals surface area (Å²) in [5.74, 6) is 2.93. The van der Waals surface area contributed by atoms with Crippen LogP contribution in [0.1, 0.15) is 44.2 Å². The number of nitroso groups, excluding NO2 is 1. The molecule has 5 heteroatoms. The van der Waals surface area contributed by atoms with Crippen molar-refractivity contribution in [1.29, 1.82) is 0 Å². The maximum Gasteiger partial charge on any atom is 0.205 e. The number of nitrogens with zero attached hydrogens (tertiary/aromatic N) is 3. The van der Waals surface area contributed by atoms with Gasteiger partial charge in [-0.05, 0) is 73.6 Å². The van der Waals surface area contributed by atoms with Crippen LogP contribution in [0.2, 0.25) is 5.02 Å². The second kappa shape index (κ2) is 4.31. The zero-order valence-corrected chi connectivity index (χ0v) is 13.1. The Kier molecular flexibility index (Phi) is 2.56. The topological polar surface area (TPSA) is 46.7 Å². The van der Waals surface area contributed by atoms with Gasteiger partial charge in [0.25, 0.3) is 0 Å². The molecule has 0 atom stereocenters. The fraction of sp³-hybridized carbons (Fsp3) is 0.588. The van der Waals surface area contributed by atoms with Crippen LogP contribution in [0.3, 0.4) is 0 Å². The van der Waals surface area contributed by atoms with Crippen LogP contribution in [0.4, 0.5) is 5.82 Å². The zero-order valence-electron chi connectivity index (χ0n) is 12.3. The number of rotatable bonds is 2. The van der Waals surface area contributed by atoms with E-state index in [9.17, 15) is 4.91 Å². The number of hydrogen-bond donors (Lipinski definition) is 0. The van der Waals surface area contributed by atoms with Crippen LogP contribution in [0, 0.1) is 22.7 Å². The molecule has 4 bridgehead atoms. The van der Waals surface area contributed by atoms with Gasteiger partial charge in [-0.1, -0.05) is 11.6 Å². The quantitative estimate of drug-likeness (QED) is 0.743. The van der Waals surface area contributed by atoms with Crippen molar-refractivity contribution in [2.45, 2.75) is 43.9 Å². The lowest BCUT2D eigenvalue weighted by Gasteiger charge is -2.56. The van der Waals surface area contributed by atoms with E-state index < -0.39 is 0 Å². The van der Waals surface area contributed by atoms with Crippen LogP contribution >= 0.6 is 11.6 Å². The van der Waals surface area contributed by atoms with Gasteiger partial charge in [-0.15, -0.1) is 4.91 Å². The number of halogens is 1. The van der Waals surface area contributed by atoms with E-state index in [1.807, 2.05) is 12.1 Å². The Morgan fingerprint density at radius 2 is 1.77 bits per heavy atom. The molecule has 2 aromatic rings. The first-order chi connectivity index (χ1) is 10.7. The van der Waals surface area contributed by atoms with Crippen LogP contribution in [-0.2, 0) is 5.41 Å². The van der Waals surface area contributed by atoms with E-state index in [0.29, 0.717) is 10.8 Å². The summed E-state index contributed by atoms with van der Waals surface area (Å²) in [7, 11) is 0. The minimum Gasteiger partial charge on any atom is -0.280 e. The Labute approximate surface area is 133 Å². The van der Waals surface area contributed by atoms with Crippen molar-refractivity contribution >= 4 is 23.1 Å². The third kappa shape index (κ3) is 1.67. The van der Waals surface area contributed by atoms with Crippen molar-refractivity contribution in [3.05, 3.63) is 34.0 Å². The maximum atomic E-state index is 11.6. The molecular formula is C17H18ClN3O. The standard InChI is InChI=1S/C17H18ClN3O/c18-13-1-2-14-19-15(16(20-22)21(14)9-13)17-6-10-3-11(7-17)5-12(4-10)8-17/h1-2,9-12H,3-8H2. The Bertz CT molecular complexity index is 746. The first-order valence-corrected chi connectivity index (χ1v) is 8.56. The molecule has 0 spiro atoms. The van der Waals surface area contributed by atoms with Gasteiger partial charge < -0.3 is 0 Å². The highest BCUT2D eigenvalue weighted by Gasteiger charge is 2.53. The Balaban J connectivity index is 1.72. The van der Waals surface area contributed by atoms with E-state index in [-0.39, 0.29) is 5.41 Å². The molecule has 22 heavy (non-hydrogen) atoms. The Morgan fingerprint density at radius 3 is 2.36 bits per heavy atom. The van der Waals surface area contributed by atoms with E-state index in [2.05, 4.69) is 5.18 Å². The normalized spacial score (nSPS) is 36.1. The van der Waals surface area contributed by atoms with Crippen LogP contribution < -0.4 is 0 Å². The molecule has 114 valence electrons. The van der Waals surface area contributed by atoms with Crippen molar-refractivity contribution in [1.82, 2.24) is 9.38 Å². The maximum absolute atomic E-state index is 11.6. The molecule has 0 N–H and O–H groups in total. The molecule has 4 saturated carbocycles. The fourth-order valence-electron chi connectivity index (χ4n) is 5.85. The van der Waals surface area contributed by atoms with E-state index in [4.69, 9.17) is 16.6 Å². The van der Waals surface area contributed by atoms with Crippen LogP contribution in [0.15, 0.2) is 23.5 Å². The van der Waals surface area contributed by atoms with Gasteiger partial charge in [0, 0.05) is 11.6 Å². The van der Waals surface area contributed by atoms with E-state index in [1.54, 1.807) is 10.6 Å². The van der Waals surface area contributed by atoms with Crippen LogP contribution in [0.5, 0.6) is 0 Å². The van der Waals surface area contributed by atoms with E-state index >= 15 is 0 Å². The molecule has 6 rings (SSSR count). The third-order valence-corrected chi connectivity index (χ3v) is 6.41. The predicted octanol–water partition coefficient (Wildman–Crippen LogP) is 4.85. The molecule has 4 fully saturated rings. The number of fused-ring (bicyclic) bond motifs is 1. The Morgan fingerprint density at radius 1 is 1.14 bits per heavy atom. The second-order valence-electron chi connectivity index (χ2n) is 7.65. The molecule has 0 aromatic carbocycles. The second-order valence-corrected chi connectivity index (χ2v) is 8.09. The van der Waals surface area contributed by atoms with Gasteiger partial charge in [-0.25, -0.2) is 4.98 Å². The van der Waals surface area contributed by atoms with Gasteiger partial charge in [0.2, 0.25) is 5.82 Å². The molecule has 0 aliphatic heterocycles. The molecule has 0 saturated heterocycles. The average molecular weight is 316 g/mol. The van der Waals surface area contributed by atoms with Crippen LogP contribution in [0.25, 0.3) is 5.65 Å². The summed E-state index contributed by atoms with van der Waals surface area (Å²) in [5, 5.41) is 3.95. The molecule has 0 radical (unpaired) electrons. The summed E-state index contributed by atoms with van der Waals surface area (Å²) >= 11 is 6.08. The first-order valence-electron chi connectivity index (χ1n) is 8.18. The van der Waals surface area contributed by atoms with Gasteiger partial charge in [0.05, 0.1) is 10.7 Å². The highest BCUT2D eigenvalue weighted by Crippen LogP contribution is 2.61. The molecule has 2 heterocycles. The number of aromatic nitrogens is 2. The lowest BCUT2D eigenvalue weighted by atomic mass is 9.49. The van der Waals surface area contributed by atoms with Gasteiger partial charge in [0.15, 0.2) is 0 Å². The number of hydrogen-bond acceptors (Lipinski definition) is 3. The van der Waals surface area contributed by atoms with Crippen molar-refractivity contribution in [3.8, 4) is 0 Å². The number of imidazole rings is 1. The fourth-order valence-corrected chi connectivity index (χ4v) is 6.01. The largest absolute Gasteiger partial charge is 0.280 e. The molecular weight excluding hydrogens is 298 g/mol. The van der Waals surface area contributed by atoms with Crippen molar-refractivity contribution in [2.24, 2.45) is 22.9 Å². The first kappa shape index (κ1) is 13.1. The highest BCUT2D eigenvalue weighted by atomic mass is 35.5. The van der Waals surface area contributed by atoms with Crippen molar-refractivity contribution in [3.63, 3.8) is 0 Å². The van der Waals surface area contributed by atoms with E-state index in [1.165, 1.54) is 38.5 Å². The lowest BCUT2D eigenvalue weighted by Crippen LogP contribution is -2.48. The summed E-state index contributed by atoms with van der Waals surface area (Å²) in [6.07, 6.45) is 9.43. The predicted molar refractivity (Wildman–Crippen MR) is 85.5 cm³/mol. The third-order valence-electron chi connectivity index (χ3n) is 6.18. The lowest BCUT2D eigenvalue weighted by molar-refractivity contribution is -0.00666. The summed E-state index contributed by atoms with van der Waals surface area (Å²) in [6.45, 7) is 0. The molecule has 4 aliphatic rings. The Hall–Kier alpha value is -1.42. The van der Waals surface area contributed by atoms with E-state index in [0.717, 1.165) is 29.1 Å². The molecule has 0 amide bonds. The summed E-state index contributed by atoms with van der Waals surface area (Å²) in [4.78, 5) is 16.4. The zero-order chi connectivity index (χ0) is 14.9. The average Bonchev–Trinajstić information content (AvgIpc) is 2.84. The summed E-state index contributed by atoms with van der Waals surface area (Å²) in [5.41, 5.74) is 1.80. The molecule has 2 aromatic heterocycles. The van der Waals surface area contributed by atoms with Crippen LogP contribution in [-0.4, -0.2) is 9.38 Å². The molecule has 4 aliphatic carbocycles.